The highest BCUT2D eigenvalue weighted by Gasteiger charge is 2.27. The van der Waals surface area contributed by atoms with Gasteiger partial charge < -0.3 is 24.2 Å². The number of benzene rings is 2. The molecule has 7 nitrogen and oxygen atoms in total. The first-order chi connectivity index (χ1) is 15.2. The van der Waals surface area contributed by atoms with Crippen LogP contribution in [0.1, 0.15) is 43.8 Å². The van der Waals surface area contributed by atoms with Gasteiger partial charge in [-0.3, -0.25) is 0 Å². The number of hydrogen-bond donors (Lipinski definition) is 1. The van der Waals surface area contributed by atoms with Crippen molar-refractivity contribution in [3.8, 4) is 17.2 Å². The quantitative estimate of drug-likeness (QED) is 0.470. The number of carbonyl (C=O) groups is 1. The summed E-state index contributed by atoms with van der Waals surface area (Å²) in [5, 5.41) is 12.5. The molecule has 2 aromatic rings. The lowest BCUT2D eigenvalue weighted by Gasteiger charge is -2.28. The molecule has 162 valence electrons. The minimum atomic E-state index is -1.13. The first-order valence-electron chi connectivity index (χ1n) is 10.5. The molecule has 0 bridgehead atoms. The van der Waals surface area contributed by atoms with Gasteiger partial charge in [0, 0.05) is 5.92 Å². The molecule has 7 heteroatoms. The number of carboxylic acid groups (broad SMARTS) is 1. The fourth-order valence-corrected chi connectivity index (χ4v) is 3.90. The maximum Gasteiger partial charge on any atom is 0.350 e. The number of aliphatic carboxylic acids is 1. The second-order valence-corrected chi connectivity index (χ2v) is 7.61. The van der Waals surface area contributed by atoms with E-state index in [1.54, 1.807) is 6.26 Å². The lowest BCUT2D eigenvalue weighted by Crippen LogP contribution is -2.18. The van der Waals surface area contributed by atoms with Gasteiger partial charge in [0.15, 0.2) is 29.6 Å². The highest BCUT2D eigenvalue weighted by molar-refractivity contribution is 6.21. The van der Waals surface area contributed by atoms with E-state index in [0.29, 0.717) is 28.9 Å². The van der Waals surface area contributed by atoms with Crippen LogP contribution in [0, 0.1) is 5.92 Å². The van der Waals surface area contributed by atoms with Crippen LogP contribution in [0.3, 0.4) is 0 Å². The molecule has 0 radical (unpaired) electrons. The third-order valence-electron chi connectivity index (χ3n) is 5.41. The van der Waals surface area contributed by atoms with Crippen molar-refractivity contribution in [1.82, 2.24) is 0 Å². The molecule has 1 aliphatic carbocycles. The zero-order valence-corrected chi connectivity index (χ0v) is 17.1. The lowest BCUT2D eigenvalue weighted by molar-refractivity contribution is -0.129. The monoisotopic (exact) mass is 423 g/mol. The SMILES string of the molecule is O=C(O)/C=N/OC(c1ccc(OCC2=COc3ccccc3O2)cc1)C1CCCCC1. The molecule has 1 saturated carbocycles. The summed E-state index contributed by atoms with van der Waals surface area (Å²) in [6.07, 6.45) is 7.65. The van der Waals surface area contributed by atoms with Crippen LogP contribution in [0.15, 0.2) is 65.7 Å². The van der Waals surface area contributed by atoms with E-state index in [9.17, 15) is 4.79 Å². The van der Waals surface area contributed by atoms with Crippen molar-refractivity contribution in [2.75, 3.05) is 6.61 Å². The van der Waals surface area contributed by atoms with Crippen molar-refractivity contribution >= 4 is 12.2 Å². The van der Waals surface area contributed by atoms with E-state index >= 15 is 0 Å². The molecule has 2 aromatic carbocycles. The summed E-state index contributed by atoms with van der Waals surface area (Å²) >= 11 is 0. The largest absolute Gasteiger partial charge is 0.486 e. The number of carboxylic acids is 1. The molecule has 0 spiro atoms. The minimum Gasteiger partial charge on any atom is -0.486 e. The third-order valence-corrected chi connectivity index (χ3v) is 5.41. The van der Waals surface area contributed by atoms with Crippen molar-refractivity contribution in [3.63, 3.8) is 0 Å². The Morgan fingerprint density at radius 3 is 2.58 bits per heavy atom. The molecule has 4 rings (SSSR count). The van der Waals surface area contributed by atoms with Gasteiger partial charge in [-0.15, -0.1) is 0 Å². The van der Waals surface area contributed by atoms with E-state index in [1.165, 1.54) is 6.42 Å². The molecule has 31 heavy (non-hydrogen) atoms. The zero-order valence-electron chi connectivity index (χ0n) is 17.1. The van der Waals surface area contributed by atoms with Gasteiger partial charge in [0.05, 0.1) is 0 Å². The molecule has 0 saturated heterocycles. The van der Waals surface area contributed by atoms with Gasteiger partial charge in [-0.05, 0) is 42.7 Å². The van der Waals surface area contributed by atoms with Crippen LogP contribution < -0.4 is 14.2 Å². The van der Waals surface area contributed by atoms with Crippen molar-refractivity contribution < 1.29 is 28.9 Å². The number of ether oxygens (including phenoxy) is 3. The molecule has 1 unspecified atom stereocenters. The number of hydrogen-bond acceptors (Lipinski definition) is 6. The Kier molecular flexibility index (Phi) is 6.72. The summed E-state index contributed by atoms with van der Waals surface area (Å²) in [6, 6.07) is 15.1. The van der Waals surface area contributed by atoms with Gasteiger partial charge in [-0.1, -0.05) is 48.7 Å². The summed E-state index contributed by atoms with van der Waals surface area (Å²) in [7, 11) is 0. The van der Waals surface area contributed by atoms with Crippen LogP contribution in [0.4, 0.5) is 0 Å². The average Bonchev–Trinajstić information content (AvgIpc) is 2.81. The molecule has 1 N–H and O–H groups in total. The summed E-state index contributed by atoms with van der Waals surface area (Å²) in [5.41, 5.74) is 0.951. The first-order valence-corrected chi connectivity index (χ1v) is 10.5. The molecule has 1 aliphatic heterocycles. The van der Waals surface area contributed by atoms with Crippen LogP contribution in [-0.2, 0) is 9.63 Å². The highest BCUT2D eigenvalue weighted by atomic mass is 16.6. The van der Waals surface area contributed by atoms with Crippen molar-refractivity contribution in [2.45, 2.75) is 38.2 Å². The van der Waals surface area contributed by atoms with E-state index in [1.807, 2.05) is 48.5 Å². The predicted octanol–water partition coefficient (Wildman–Crippen LogP) is 5.09. The Balaban J connectivity index is 1.38. The average molecular weight is 423 g/mol. The second kappa shape index (κ2) is 10.0. The van der Waals surface area contributed by atoms with Crippen LogP contribution in [0.25, 0.3) is 0 Å². The van der Waals surface area contributed by atoms with Crippen LogP contribution >= 0.6 is 0 Å². The van der Waals surface area contributed by atoms with Gasteiger partial charge in [0.25, 0.3) is 0 Å². The Morgan fingerprint density at radius 1 is 1.10 bits per heavy atom. The van der Waals surface area contributed by atoms with E-state index in [0.717, 1.165) is 37.5 Å². The molecule has 0 amide bonds. The maximum absolute atomic E-state index is 10.7. The summed E-state index contributed by atoms with van der Waals surface area (Å²) in [5.74, 6) is 1.78. The molecule has 0 aromatic heterocycles. The fourth-order valence-electron chi connectivity index (χ4n) is 3.90. The number of para-hydroxylation sites is 2. The Hall–Kier alpha value is -3.48. The summed E-state index contributed by atoms with van der Waals surface area (Å²) in [6.45, 7) is 0.235. The maximum atomic E-state index is 10.7. The summed E-state index contributed by atoms with van der Waals surface area (Å²) < 4.78 is 17.2. The lowest BCUT2D eigenvalue weighted by atomic mass is 9.83. The standard InChI is InChI=1S/C24H25NO6/c26-23(27)14-25-31-24(17-6-2-1-3-7-17)18-10-12-19(13-11-18)28-15-20-16-29-21-8-4-5-9-22(21)30-20/h4-5,8-14,16-17,24H,1-3,6-7,15H2,(H,26,27)/b25-14+. The van der Waals surface area contributed by atoms with Crippen molar-refractivity contribution in [3.05, 3.63) is 66.1 Å². The molecule has 1 atom stereocenters. The zero-order chi connectivity index (χ0) is 21.5. The van der Waals surface area contributed by atoms with Crippen molar-refractivity contribution in [1.29, 1.82) is 0 Å². The topological polar surface area (TPSA) is 86.6 Å². The van der Waals surface area contributed by atoms with Crippen LogP contribution in [0.2, 0.25) is 0 Å². The van der Waals surface area contributed by atoms with Gasteiger partial charge in [-0.2, -0.15) is 0 Å². The fraction of sp³-hybridized carbons (Fsp3) is 0.333. The predicted molar refractivity (Wildman–Crippen MR) is 114 cm³/mol. The number of nitrogens with zero attached hydrogens (tertiary/aromatic N) is 1. The van der Waals surface area contributed by atoms with Gasteiger partial charge in [-0.25, -0.2) is 4.79 Å². The normalized spacial score (nSPS) is 17.1. The van der Waals surface area contributed by atoms with Gasteiger partial charge >= 0.3 is 5.97 Å². The Labute approximate surface area is 180 Å². The smallest absolute Gasteiger partial charge is 0.350 e. The minimum absolute atomic E-state index is 0.235. The van der Waals surface area contributed by atoms with Gasteiger partial charge in [0.1, 0.15) is 18.6 Å². The Morgan fingerprint density at radius 2 is 1.84 bits per heavy atom. The number of fused-ring (bicyclic) bond motifs is 1. The van der Waals surface area contributed by atoms with Gasteiger partial charge in [0.2, 0.25) is 0 Å². The van der Waals surface area contributed by atoms with Crippen LogP contribution in [0.5, 0.6) is 17.2 Å². The molecular formula is C24H25NO6. The molecule has 1 heterocycles. The molecular weight excluding hydrogens is 398 g/mol. The molecule has 1 fully saturated rings. The van der Waals surface area contributed by atoms with Crippen LogP contribution in [-0.4, -0.2) is 23.9 Å². The number of oxime groups is 1. The van der Waals surface area contributed by atoms with E-state index < -0.39 is 5.97 Å². The second-order valence-electron chi connectivity index (χ2n) is 7.61. The van der Waals surface area contributed by atoms with E-state index in [2.05, 4.69) is 5.16 Å². The van der Waals surface area contributed by atoms with E-state index in [-0.39, 0.29) is 12.7 Å². The van der Waals surface area contributed by atoms with Crippen molar-refractivity contribution in [2.24, 2.45) is 11.1 Å². The Bertz CT molecular complexity index is 947. The summed E-state index contributed by atoms with van der Waals surface area (Å²) in [4.78, 5) is 16.3. The molecule has 2 aliphatic rings. The van der Waals surface area contributed by atoms with E-state index in [4.69, 9.17) is 24.2 Å². The first kappa shape index (κ1) is 20.8. The third kappa shape index (κ3) is 5.57. The number of rotatable bonds is 8. The highest BCUT2D eigenvalue weighted by Crippen LogP contribution is 2.37.